The number of pyridine rings is 1. The van der Waals surface area contributed by atoms with Crippen molar-refractivity contribution in [2.45, 2.75) is 0 Å². The Morgan fingerprint density at radius 3 is 2.42 bits per heavy atom. The van der Waals surface area contributed by atoms with Crippen LogP contribution in [0.5, 0.6) is 23.0 Å². The molecule has 0 unspecified atom stereocenters. The zero-order valence-corrected chi connectivity index (χ0v) is 12.5. The lowest BCUT2D eigenvalue weighted by atomic mass is 10.0. The quantitative estimate of drug-likeness (QED) is 0.459. The van der Waals surface area contributed by atoms with Crippen LogP contribution in [-0.4, -0.2) is 18.6 Å². The molecule has 0 spiro atoms. The van der Waals surface area contributed by atoms with Gasteiger partial charge in [0, 0.05) is 22.4 Å². The second kappa shape index (κ2) is 4.20. The van der Waals surface area contributed by atoms with Crippen LogP contribution in [0.1, 0.15) is 0 Å². The average Bonchev–Trinajstić information content (AvgIpc) is 3.27. The van der Waals surface area contributed by atoms with Crippen LogP contribution in [-0.2, 0) is 0 Å². The molecule has 3 heterocycles. The highest BCUT2D eigenvalue weighted by molar-refractivity contribution is 6.16. The van der Waals surface area contributed by atoms with E-state index in [0.29, 0.717) is 0 Å². The summed E-state index contributed by atoms with van der Waals surface area (Å²) in [6.07, 6.45) is 1.86. The Hall–Kier alpha value is -3.21. The largest absolute Gasteiger partial charge is 0.454 e. The first-order valence-electron chi connectivity index (χ1n) is 7.72. The van der Waals surface area contributed by atoms with Gasteiger partial charge >= 0.3 is 0 Å². The molecule has 0 bridgehead atoms. The smallest absolute Gasteiger partial charge is 0.231 e. The standard InChI is InChI=1S/C19H11NO4/c1-2-12-11-3-4-15-19(24-9-21-15)14(11)7-20-18(12)13-6-17-16(5-10(1)13)22-8-23-17/h1-7H,8-9H2. The van der Waals surface area contributed by atoms with Gasteiger partial charge < -0.3 is 18.9 Å². The third-order valence-corrected chi connectivity index (χ3v) is 4.68. The number of nitrogens with zero attached hydrogens (tertiary/aromatic N) is 1. The molecule has 5 heteroatoms. The zero-order chi connectivity index (χ0) is 15.7. The Morgan fingerprint density at radius 2 is 1.46 bits per heavy atom. The lowest BCUT2D eigenvalue weighted by molar-refractivity contribution is 0.174. The molecule has 2 aliphatic rings. The van der Waals surface area contributed by atoms with Crippen LogP contribution in [0.3, 0.4) is 0 Å². The summed E-state index contributed by atoms with van der Waals surface area (Å²) in [4.78, 5) is 4.71. The van der Waals surface area contributed by atoms with E-state index in [2.05, 4.69) is 18.2 Å². The third-order valence-electron chi connectivity index (χ3n) is 4.68. The first-order valence-corrected chi connectivity index (χ1v) is 7.72. The van der Waals surface area contributed by atoms with Crippen molar-refractivity contribution >= 4 is 32.4 Å². The van der Waals surface area contributed by atoms with Gasteiger partial charge in [0.25, 0.3) is 0 Å². The maximum atomic E-state index is 5.61. The van der Waals surface area contributed by atoms with Gasteiger partial charge in [-0.05, 0) is 35.0 Å². The molecule has 0 N–H and O–H groups in total. The van der Waals surface area contributed by atoms with Crippen molar-refractivity contribution in [1.82, 2.24) is 4.98 Å². The average molecular weight is 317 g/mol. The summed E-state index contributed by atoms with van der Waals surface area (Å²) in [5.74, 6) is 3.09. The highest BCUT2D eigenvalue weighted by Crippen LogP contribution is 2.43. The molecule has 2 aliphatic heterocycles. The van der Waals surface area contributed by atoms with E-state index in [9.17, 15) is 0 Å². The van der Waals surface area contributed by atoms with Gasteiger partial charge in [0.2, 0.25) is 13.6 Å². The van der Waals surface area contributed by atoms with Crippen molar-refractivity contribution in [2.75, 3.05) is 13.6 Å². The van der Waals surface area contributed by atoms with E-state index in [1.54, 1.807) is 0 Å². The van der Waals surface area contributed by atoms with Crippen molar-refractivity contribution in [3.8, 4) is 23.0 Å². The van der Waals surface area contributed by atoms with Crippen LogP contribution in [0.15, 0.2) is 42.6 Å². The molecular weight excluding hydrogens is 306 g/mol. The van der Waals surface area contributed by atoms with Crippen LogP contribution in [0.4, 0.5) is 0 Å². The fourth-order valence-corrected chi connectivity index (χ4v) is 3.54. The van der Waals surface area contributed by atoms with Gasteiger partial charge in [-0.3, -0.25) is 4.98 Å². The van der Waals surface area contributed by atoms with Crippen LogP contribution >= 0.6 is 0 Å². The van der Waals surface area contributed by atoms with Crippen LogP contribution in [0.2, 0.25) is 0 Å². The Kier molecular flexibility index (Phi) is 2.14. The molecule has 116 valence electrons. The van der Waals surface area contributed by atoms with Crippen molar-refractivity contribution < 1.29 is 18.9 Å². The Bertz CT molecular complexity index is 1160. The predicted molar refractivity (Wildman–Crippen MR) is 89.0 cm³/mol. The molecule has 0 fully saturated rings. The van der Waals surface area contributed by atoms with Crippen molar-refractivity contribution in [3.05, 3.63) is 42.6 Å². The van der Waals surface area contributed by atoms with Gasteiger partial charge in [0.05, 0.1) is 5.52 Å². The minimum atomic E-state index is 0.258. The number of hydrogen-bond donors (Lipinski definition) is 0. The maximum Gasteiger partial charge on any atom is 0.231 e. The fourth-order valence-electron chi connectivity index (χ4n) is 3.54. The molecule has 0 amide bonds. The SMILES string of the molecule is c1cc2c(cnc3c4cc5c(cc4ccc23)OCO5)c2c1OCO2. The van der Waals surface area contributed by atoms with E-state index in [1.807, 2.05) is 24.4 Å². The number of fused-ring (bicyclic) bond motifs is 8. The molecule has 1 aromatic heterocycles. The first-order chi connectivity index (χ1) is 11.9. The van der Waals surface area contributed by atoms with Gasteiger partial charge in [-0.15, -0.1) is 0 Å². The van der Waals surface area contributed by atoms with Gasteiger partial charge in [0.15, 0.2) is 23.0 Å². The number of hydrogen-bond acceptors (Lipinski definition) is 5. The van der Waals surface area contributed by atoms with Crippen LogP contribution in [0, 0.1) is 0 Å². The summed E-state index contributed by atoms with van der Waals surface area (Å²) >= 11 is 0. The van der Waals surface area contributed by atoms with Gasteiger partial charge in [-0.1, -0.05) is 12.1 Å². The van der Waals surface area contributed by atoms with E-state index in [1.165, 1.54) is 0 Å². The maximum absolute atomic E-state index is 5.61. The highest BCUT2D eigenvalue weighted by Gasteiger charge is 2.20. The first kappa shape index (κ1) is 12.2. The zero-order valence-electron chi connectivity index (χ0n) is 12.5. The monoisotopic (exact) mass is 317 g/mol. The fraction of sp³-hybridized carbons (Fsp3) is 0.105. The second-order valence-corrected chi connectivity index (χ2v) is 5.91. The molecule has 0 radical (unpaired) electrons. The van der Waals surface area contributed by atoms with Gasteiger partial charge in [-0.25, -0.2) is 0 Å². The molecule has 0 atom stereocenters. The number of benzene rings is 3. The molecule has 3 aromatic carbocycles. The number of rotatable bonds is 0. The number of aromatic nitrogens is 1. The Labute approximate surface area is 136 Å². The minimum Gasteiger partial charge on any atom is -0.454 e. The van der Waals surface area contributed by atoms with E-state index in [4.69, 9.17) is 23.9 Å². The lowest BCUT2D eigenvalue weighted by Gasteiger charge is -2.09. The Balaban J connectivity index is 1.75. The molecule has 0 saturated heterocycles. The summed E-state index contributed by atoms with van der Waals surface area (Å²) in [5.41, 5.74) is 0.942. The minimum absolute atomic E-state index is 0.258. The van der Waals surface area contributed by atoms with E-state index in [-0.39, 0.29) is 13.6 Å². The molecule has 5 nitrogen and oxygen atoms in total. The molecule has 4 aromatic rings. The lowest BCUT2D eigenvalue weighted by Crippen LogP contribution is -1.93. The number of ether oxygens (including phenoxy) is 4. The molecule has 0 aliphatic carbocycles. The summed E-state index contributed by atoms with van der Waals surface area (Å²) < 4.78 is 22.1. The van der Waals surface area contributed by atoms with Gasteiger partial charge in [0.1, 0.15) is 0 Å². The van der Waals surface area contributed by atoms with Gasteiger partial charge in [-0.2, -0.15) is 0 Å². The highest BCUT2D eigenvalue weighted by atomic mass is 16.7. The Morgan fingerprint density at radius 1 is 0.667 bits per heavy atom. The molecule has 6 rings (SSSR count). The summed E-state index contributed by atoms with van der Waals surface area (Å²) in [5, 5.41) is 5.29. The molecular formula is C19H11NO4. The summed E-state index contributed by atoms with van der Waals surface area (Å²) in [7, 11) is 0. The molecule has 0 saturated carbocycles. The van der Waals surface area contributed by atoms with Crippen molar-refractivity contribution in [3.63, 3.8) is 0 Å². The summed E-state index contributed by atoms with van der Waals surface area (Å²) in [6.45, 7) is 0.525. The van der Waals surface area contributed by atoms with E-state index >= 15 is 0 Å². The third kappa shape index (κ3) is 1.46. The molecule has 24 heavy (non-hydrogen) atoms. The van der Waals surface area contributed by atoms with E-state index in [0.717, 1.165) is 55.4 Å². The normalized spacial score (nSPS) is 14.8. The topological polar surface area (TPSA) is 49.8 Å². The van der Waals surface area contributed by atoms with Crippen LogP contribution < -0.4 is 18.9 Å². The van der Waals surface area contributed by atoms with Crippen molar-refractivity contribution in [1.29, 1.82) is 0 Å². The van der Waals surface area contributed by atoms with Crippen molar-refractivity contribution in [2.24, 2.45) is 0 Å². The predicted octanol–water partition coefficient (Wildman–Crippen LogP) is 4.00. The second-order valence-electron chi connectivity index (χ2n) is 5.91. The van der Waals surface area contributed by atoms with E-state index < -0.39 is 0 Å². The van der Waals surface area contributed by atoms with Crippen LogP contribution in [0.25, 0.3) is 32.4 Å². The summed E-state index contributed by atoms with van der Waals surface area (Å²) in [6, 6.07) is 12.2.